The molecule has 3 atom stereocenters. The lowest BCUT2D eigenvalue weighted by Crippen LogP contribution is -2.45. The molecule has 1 saturated carbocycles. The van der Waals surface area contributed by atoms with Crippen molar-refractivity contribution >= 4 is 12.0 Å². The van der Waals surface area contributed by atoms with Gasteiger partial charge in [0.1, 0.15) is 0 Å². The molecule has 1 saturated heterocycles. The van der Waals surface area contributed by atoms with E-state index in [0.29, 0.717) is 25.4 Å². The van der Waals surface area contributed by atoms with Crippen molar-refractivity contribution in [2.24, 2.45) is 11.3 Å². The van der Waals surface area contributed by atoms with Crippen LogP contribution in [0.2, 0.25) is 0 Å². The van der Waals surface area contributed by atoms with E-state index in [1.54, 1.807) is 11.8 Å². The summed E-state index contributed by atoms with van der Waals surface area (Å²) in [6.07, 6.45) is 3.91. The Labute approximate surface area is 108 Å². The number of hydrogen-bond acceptors (Lipinski definition) is 2. The van der Waals surface area contributed by atoms with E-state index in [4.69, 9.17) is 5.11 Å². The van der Waals surface area contributed by atoms with Crippen LogP contribution in [0.15, 0.2) is 0 Å². The number of urea groups is 1. The lowest BCUT2D eigenvalue weighted by Gasteiger charge is -2.24. The fraction of sp³-hybridized carbons (Fsp3) is 0.846. The zero-order valence-corrected chi connectivity index (χ0v) is 11.1. The van der Waals surface area contributed by atoms with E-state index < -0.39 is 11.4 Å². The van der Waals surface area contributed by atoms with Crippen molar-refractivity contribution in [3.63, 3.8) is 0 Å². The maximum Gasteiger partial charge on any atom is 0.317 e. The van der Waals surface area contributed by atoms with Crippen molar-refractivity contribution in [1.29, 1.82) is 0 Å². The normalized spacial score (nSPS) is 35.8. The van der Waals surface area contributed by atoms with E-state index in [2.05, 4.69) is 12.2 Å². The van der Waals surface area contributed by atoms with E-state index in [9.17, 15) is 9.59 Å². The fourth-order valence-corrected chi connectivity index (χ4v) is 2.92. The van der Waals surface area contributed by atoms with Crippen molar-refractivity contribution in [3.05, 3.63) is 0 Å². The van der Waals surface area contributed by atoms with Crippen LogP contribution in [-0.4, -0.2) is 41.1 Å². The van der Waals surface area contributed by atoms with Gasteiger partial charge in [-0.1, -0.05) is 13.3 Å². The van der Waals surface area contributed by atoms with E-state index in [0.717, 1.165) is 12.8 Å². The van der Waals surface area contributed by atoms with Gasteiger partial charge in [0.25, 0.3) is 0 Å². The van der Waals surface area contributed by atoms with Crippen molar-refractivity contribution in [2.45, 2.75) is 45.6 Å². The van der Waals surface area contributed by atoms with Crippen LogP contribution in [-0.2, 0) is 4.79 Å². The van der Waals surface area contributed by atoms with Gasteiger partial charge < -0.3 is 15.3 Å². The molecule has 0 aromatic carbocycles. The predicted molar refractivity (Wildman–Crippen MR) is 67.3 cm³/mol. The molecule has 0 aromatic rings. The van der Waals surface area contributed by atoms with Crippen LogP contribution in [0, 0.1) is 11.3 Å². The first-order chi connectivity index (χ1) is 8.42. The molecule has 102 valence electrons. The highest BCUT2D eigenvalue weighted by molar-refractivity contribution is 5.79. The van der Waals surface area contributed by atoms with Crippen molar-refractivity contribution in [1.82, 2.24) is 10.2 Å². The van der Waals surface area contributed by atoms with E-state index in [1.807, 2.05) is 0 Å². The number of carbonyl (C=O) groups excluding carboxylic acids is 1. The SMILES string of the molecule is CC1CCCC1NC(=O)N1CCC(C)(C(=O)O)C1. The molecular formula is C13H22N2O3. The Hall–Kier alpha value is -1.26. The zero-order valence-electron chi connectivity index (χ0n) is 11.1. The molecule has 2 aliphatic rings. The molecule has 3 unspecified atom stereocenters. The largest absolute Gasteiger partial charge is 0.481 e. The first-order valence-electron chi connectivity index (χ1n) is 6.71. The van der Waals surface area contributed by atoms with Crippen LogP contribution >= 0.6 is 0 Å². The number of nitrogens with zero attached hydrogens (tertiary/aromatic N) is 1. The molecule has 18 heavy (non-hydrogen) atoms. The number of aliphatic carboxylic acids is 1. The number of carboxylic acids is 1. The van der Waals surface area contributed by atoms with Gasteiger partial charge in [-0.2, -0.15) is 0 Å². The number of hydrogen-bond donors (Lipinski definition) is 2. The summed E-state index contributed by atoms with van der Waals surface area (Å²) >= 11 is 0. The number of rotatable bonds is 2. The van der Waals surface area contributed by atoms with Crippen LogP contribution in [0.25, 0.3) is 0 Å². The van der Waals surface area contributed by atoms with E-state index in [-0.39, 0.29) is 12.1 Å². The molecule has 0 aromatic heterocycles. The third-order valence-corrected chi connectivity index (χ3v) is 4.45. The zero-order chi connectivity index (χ0) is 13.3. The van der Waals surface area contributed by atoms with Crippen molar-refractivity contribution in [2.75, 3.05) is 13.1 Å². The number of nitrogens with one attached hydrogen (secondary N) is 1. The average Bonchev–Trinajstić information content (AvgIpc) is 2.87. The van der Waals surface area contributed by atoms with Gasteiger partial charge in [0.15, 0.2) is 0 Å². The van der Waals surface area contributed by atoms with E-state index >= 15 is 0 Å². The number of carbonyl (C=O) groups is 2. The van der Waals surface area contributed by atoms with Crippen molar-refractivity contribution < 1.29 is 14.7 Å². The molecule has 2 rings (SSSR count). The van der Waals surface area contributed by atoms with E-state index in [1.165, 1.54) is 6.42 Å². The molecule has 2 fully saturated rings. The Morgan fingerprint density at radius 2 is 2.11 bits per heavy atom. The Bertz CT molecular complexity index is 358. The van der Waals surface area contributed by atoms with Gasteiger partial charge in [-0.15, -0.1) is 0 Å². The highest BCUT2D eigenvalue weighted by Crippen LogP contribution is 2.31. The van der Waals surface area contributed by atoms with Crippen molar-refractivity contribution in [3.8, 4) is 0 Å². The van der Waals surface area contributed by atoms with Crippen LogP contribution in [0.5, 0.6) is 0 Å². The molecule has 2 N–H and O–H groups in total. The quantitative estimate of drug-likeness (QED) is 0.787. The Balaban J connectivity index is 1.89. The highest BCUT2D eigenvalue weighted by Gasteiger charge is 2.42. The van der Waals surface area contributed by atoms with Gasteiger partial charge in [0, 0.05) is 19.1 Å². The average molecular weight is 254 g/mol. The van der Waals surface area contributed by atoms with Gasteiger partial charge in [-0.25, -0.2) is 4.79 Å². The summed E-state index contributed by atoms with van der Waals surface area (Å²) in [5, 5.41) is 12.2. The number of amides is 2. The van der Waals surface area contributed by atoms with Crippen LogP contribution in [0.4, 0.5) is 4.79 Å². The van der Waals surface area contributed by atoms with Crippen LogP contribution < -0.4 is 5.32 Å². The summed E-state index contributed by atoms with van der Waals surface area (Å²) in [7, 11) is 0. The summed E-state index contributed by atoms with van der Waals surface area (Å²) in [6.45, 7) is 4.72. The molecule has 0 radical (unpaired) electrons. The smallest absolute Gasteiger partial charge is 0.317 e. The third-order valence-electron chi connectivity index (χ3n) is 4.45. The maximum absolute atomic E-state index is 12.1. The Kier molecular flexibility index (Phi) is 3.50. The summed E-state index contributed by atoms with van der Waals surface area (Å²) in [6, 6.07) is 0.160. The fourth-order valence-electron chi connectivity index (χ4n) is 2.92. The molecule has 0 bridgehead atoms. The maximum atomic E-state index is 12.1. The Morgan fingerprint density at radius 3 is 2.61 bits per heavy atom. The minimum Gasteiger partial charge on any atom is -0.481 e. The first-order valence-corrected chi connectivity index (χ1v) is 6.71. The summed E-state index contributed by atoms with van der Waals surface area (Å²) in [5.74, 6) is -0.283. The van der Waals surface area contributed by atoms with Gasteiger partial charge >= 0.3 is 12.0 Å². The van der Waals surface area contributed by atoms with Crippen LogP contribution in [0.1, 0.15) is 39.5 Å². The van der Waals surface area contributed by atoms with Gasteiger partial charge in [-0.05, 0) is 32.1 Å². The molecule has 5 nitrogen and oxygen atoms in total. The molecule has 2 amide bonds. The molecule has 5 heteroatoms. The second kappa shape index (κ2) is 4.78. The molecule has 1 heterocycles. The number of likely N-dealkylation sites (tertiary alicyclic amines) is 1. The second-order valence-electron chi connectivity index (χ2n) is 6.00. The molecule has 1 aliphatic carbocycles. The summed E-state index contributed by atoms with van der Waals surface area (Å²) < 4.78 is 0. The number of carboxylic acid groups (broad SMARTS) is 1. The lowest BCUT2D eigenvalue weighted by atomic mass is 9.90. The Morgan fingerprint density at radius 1 is 1.39 bits per heavy atom. The third kappa shape index (κ3) is 2.44. The van der Waals surface area contributed by atoms with Gasteiger partial charge in [0.2, 0.25) is 0 Å². The lowest BCUT2D eigenvalue weighted by molar-refractivity contribution is -0.146. The topological polar surface area (TPSA) is 69.6 Å². The highest BCUT2D eigenvalue weighted by atomic mass is 16.4. The monoisotopic (exact) mass is 254 g/mol. The van der Waals surface area contributed by atoms with Gasteiger partial charge in [0.05, 0.1) is 5.41 Å². The molecule has 1 aliphatic heterocycles. The standard InChI is InChI=1S/C13H22N2O3/c1-9-4-3-5-10(9)14-12(18)15-7-6-13(2,8-15)11(16)17/h9-10H,3-8H2,1-2H3,(H,14,18)(H,16,17). The van der Waals surface area contributed by atoms with Gasteiger partial charge in [-0.3, -0.25) is 4.79 Å². The first kappa shape index (κ1) is 13.2. The molecular weight excluding hydrogens is 232 g/mol. The minimum absolute atomic E-state index is 0.0984. The summed E-state index contributed by atoms with van der Waals surface area (Å²) in [4.78, 5) is 24.8. The minimum atomic E-state index is -0.813. The predicted octanol–water partition coefficient (Wildman–Crippen LogP) is 1.68. The summed E-state index contributed by atoms with van der Waals surface area (Å²) in [5.41, 5.74) is -0.779. The van der Waals surface area contributed by atoms with Crippen LogP contribution in [0.3, 0.4) is 0 Å². The second-order valence-corrected chi connectivity index (χ2v) is 6.00. The molecule has 0 spiro atoms.